The van der Waals surface area contributed by atoms with Gasteiger partial charge in [0.25, 0.3) is 5.91 Å². The molecule has 0 saturated heterocycles. The Balaban J connectivity index is 1.25. The number of ketones is 1. The number of Topliss-reactive ketones (excluding diaryl/α,β-unsaturated/α-hetero) is 1. The van der Waals surface area contributed by atoms with Crippen molar-refractivity contribution in [3.05, 3.63) is 125 Å². The number of nitrogens with one attached hydrogen (secondary N) is 2. The SMILES string of the molecule is CCCCCCCOc1ccc(C(=O)Oc2ccc(C[C@H](NC(=O)c3ccc(NC(=O)Cc4ccccc4C)cc3)C(C)=O)cc2)cc1. The lowest BCUT2D eigenvalue weighted by Gasteiger charge is -2.17. The molecule has 8 heteroatoms. The van der Waals surface area contributed by atoms with Crippen molar-refractivity contribution in [3.63, 3.8) is 0 Å². The van der Waals surface area contributed by atoms with Gasteiger partial charge in [-0.1, -0.05) is 69.0 Å². The number of anilines is 1. The van der Waals surface area contributed by atoms with E-state index < -0.39 is 17.9 Å². The van der Waals surface area contributed by atoms with Crippen molar-refractivity contribution in [1.29, 1.82) is 0 Å². The molecule has 2 N–H and O–H groups in total. The van der Waals surface area contributed by atoms with Crippen LogP contribution in [-0.2, 0) is 22.4 Å². The first-order valence-corrected chi connectivity index (χ1v) is 16.5. The summed E-state index contributed by atoms with van der Waals surface area (Å²) >= 11 is 0. The van der Waals surface area contributed by atoms with Gasteiger partial charge in [0.1, 0.15) is 11.5 Å². The fourth-order valence-electron chi connectivity index (χ4n) is 5.11. The molecular formula is C40H44N2O6. The van der Waals surface area contributed by atoms with E-state index in [4.69, 9.17) is 9.47 Å². The van der Waals surface area contributed by atoms with E-state index in [2.05, 4.69) is 17.6 Å². The number of unbranched alkanes of at least 4 members (excludes halogenated alkanes) is 4. The summed E-state index contributed by atoms with van der Waals surface area (Å²) < 4.78 is 11.3. The number of hydrogen-bond acceptors (Lipinski definition) is 6. The highest BCUT2D eigenvalue weighted by Crippen LogP contribution is 2.19. The average molecular weight is 649 g/mol. The number of carbonyl (C=O) groups is 4. The van der Waals surface area contributed by atoms with E-state index in [0.29, 0.717) is 34.9 Å². The minimum atomic E-state index is -0.753. The summed E-state index contributed by atoms with van der Waals surface area (Å²) in [4.78, 5) is 50.6. The van der Waals surface area contributed by atoms with Crippen LogP contribution in [0.15, 0.2) is 97.1 Å². The molecule has 48 heavy (non-hydrogen) atoms. The smallest absolute Gasteiger partial charge is 0.343 e. The van der Waals surface area contributed by atoms with Gasteiger partial charge < -0.3 is 20.1 Å². The highest BCUT2D eigenvalue weighted by molar-refractivity contribution is 5.98. The Morgan fingerprint density at radius 1 is 0.729 bits per heavy atom. The summed E-state index contributed by atoms with van der Waals surface area (Å²) in [6.07, 6.45) is 6.34. The van der Waals surface area contributed by atoms with Gasteiger partial charge in [0.15, 0.2) is 5.78 Å². The zero-order chi connectivity index (χ0) is 34.3. The van der Waals surface area contributed by atoms with Crippen molar-refractivity contribution >= 4 is 29.3 Å². The first-order valence-electron chi connectivity index (χ1n) is 16.5. The Kier molecular flexibility index (Phi) is 13.5. The summed E-state index contributed by atoms with van der Waals surface area (Å²) in [5.74, 6) is -0.148. The molecule has 1 atom stereocenters. The highest BCUT2D eigenvalue weighted by atomic mass is 16.5. The lowest BCUT2D eigenvalue weighted by atomic mass is 10.0. The second-order valence-electron chi connectivity index (χ2n) is 11.9. The molecule has 4 aromatic carbocycles. The zero-order valence-electron chi connectivity index (χ0n) is 27.9. The van der Waals surface area contributed by atoms with E-state index in [1.54, 1.807) is 72.8 Å². The maximum Gasteiger partial charge on any atom is 0.343 e. The van der Waals surface area contributed by atoms with Crippen LogP contribution in [0.5, 0.6) is 11.5 Å². The van der Waals surface area contributed by atoms with Gasteiger partial charge in [0, 0.05) is 11.3 Å². The maximum absolute atomic E-state index is 13.0. The minimum absolute atomic E-state index is 0.151. The number of ether oxygens (including phenoxy) is 2. The number of amides is 2. The van der Waals surface area contributed by atoms with Crippen LogP contribution < -0.4 is 20.1 Å². The summed E-state index contributed by atoms with van der Waals surface area (Å²) in [7, 11) is 0. The minimum Gasteiger partial charge on any atom is -0.494 e. The molecule has 8 nitrogen and oxygen atoms in total. The second-order valence-corrected chi connectivity index (χ2v) is 11.9. The third kappa shape index (κ3) is 11.2. The number of carbonyl (C=O) groups excluding carboxylic acids is 4. The predicted octanol–water partition coefficient (Wildman–Crippen LogP) is 7.67. The predicted molar refractivity (Wildman–Crippen MR) is 188 cm³/mol. The number of hydrogen-bond donors (Lipinski definition) is 2. The molecule has 0 aliphatic carbocycles. The molecule has 0 spiro atoms. The molecule has 4 aromatic rings. The normalized spacial score (nSPS) is 11.3. The maximum atomic E-state index is 13.0. The third-order valence-electron chi connectivity index (χ3n) is 8.02. The standard InChI is InChI=1S/C40H44N2O6/c1-4-5-6-7-10-25-47-35-23-17-32(18-24-35)40(46)48-36-21-13-30(14-22-36)26-37(29(3)43)42-39(45)31-15-19-34(20-16-31)41-38(44)27-33-12-9-8-11-28(33)2/h8-9,11-24,37H,4-7,10,25-27H2,1-3H3,(H,41,44)(H,42,45)/t37-/m0/s1. The Hall–Kier alpha value is -5.24. The van der Waals surface area contributed by atoms with Gasteiger partial charge in [0.05, 0.1) is 24.6 Å². The summed E-state index contributed by atoms with van der Waals surface area (Å²) in [5.41, 5.74) is 4.13. The van der Waals surface area contributed by atoms with Gasteiger partial charge in [-0.15, -0.1) is 0 Å². The van der Waals surface area contributed by atoms with Crippen LogP contribution in [0.2, 0.25) is 0 Å². The van der Waals surface area contributed by atoms with Crippen molar-refractivity contribution in [2.24, 2.45) is 0 Å². The molecule has 0 unspecified atom stereocenters. The van der Waals surface area contributed by atoms with Gasteiger partial charge in [-0.3, -0.25) is 14.4 Å². The zero-order valence-corrected chi connectivity index (χ0v) is 27.9. The van der Waals surface area contributed by atoms with Crippen molar-refractivity contribution in [2.45, 2.75) is 71.8 Å². The van der Waals surface area contributed by atoms with Gasteiger partial charge in [-0.25, -0.2) is 4.79 Å². The van der Waals surface area contributed by atoms with Crippen LogP contribution in [-0.4, -0.2) is 36.2 Å². The van der Waals surface area contributed by atoms with Crippen LogP contribution in [0.1, 0.15) is 83.4 Å². The van der Waals surface area contributed by atoms with Gasteiger partial charge >= 0.3 is 5.97 Å². The van der Waals surface area contributed by atoms with Crippen LogP contribution in [0.25, 0.3) is 0 Å². The molecule has 0 fully saturated rings. The summed E-state index contributed by atoms with van der Waals surface area (Å²) in [6, 6.07) is 27.2. The van der Waals surface area contributed by atoms with E-state index in [-0.39, 0.29) is 24.5 Å². The number of aryl methyl sites for hydroxylation is 1. The van der Waals surface area contributed by atoms with E-state index >= 15 is 0 Å². The van der Waals surface area contributed by atoms with E-state index in [9.17, 15) is 19.2 Å². The molecular weight excluding hydrogens is 604 g/mol. The first kappa shape index (κ1) is 35.6. The summed E-state index contributed by atoms with van der Waals surface area (Å²) in [5, 5.41) is 5.66. The van der Waals surface area contributed by atoms with Crippen LogP contribution >= 0.6 is 0 Å². The Morgan fingerprint density at radius 2 is 1.38 bits per heavy atom. The number of benzene rings is 4. The van der Waals surface area contributed by atoms with Crippen LogP contribution in [0.3, 0.4) is 0 Å². The molecule has 0 aliphatic heterocycles. The molecule has 0 heterocycles. The third-order valence-corrected chi connectivity index (χ3v) is 8.02. The van der Waals surface area contributed by atoms with Gasteiger partial charge in [-0.05, 0) is 104 Å². The molecule has 0 aliphatic rings. The fraction of sp³-hybridized carbons (Fsp3) is 0.300. The number of esters is 1. The fourth-order valence-corrected chi connectivity index (χ4v) is 5.11. The average Bonchev–Trinajstić information content (AvgIpc) is 3.08. The first-order chi connectivity index (χ1) is 23.2. The summed E-state index contributed by atoms with van der Waals surface area (Å²) in [6.45, 7) is 6.23. The van der Waals surface area contributed by atoms with Gasteiger partial charge in [-0.2, -0.15) is 0 Å². The van der Waals surface area contributed by atoms with Crippen molar-refractivity contribution in [1.82, 2.24) is 5.32 Å². The Labute approximate surface area is 282 Å². The monoisotopic (exact) mass is 648 g/mol. The quantitative estimate of drug-likeness (QED) is 0.0691. The lowest BCUT2D eigenvalue weighted by molar-refractivity contribution is -0.119. The van der Waals surface area contributed by atoms with Crippen LogP contribution in [0.4, 0.5) is 5.69 Å². The van der Waals surface area contributed by atoms with Gasteiger partial charge in [0.2, 0.25) is 5.91 Å². The molecule has 2 amide bonds. The molecule has 250 valence electrons. The highest BCUT2D eigenvalue weighted by Gasteiger charge is 2.19. The van der Waals surface area contributed by atoms with E-state index in [1.165, 1.54) is 26.2 Å². The molecule has 0 aromatic heterocycles. The largest absolute Gasteiger partial charge is 0.494 e. The number of rotatable bonds is 17. The molecule has 0 bridgehead atoms. The molecule has 4 rings (SSSR count). The van der Waals surface area contributed by atoms with E-state index in [1.807, 2.05) is 31.2 Å². The topological polar surface area (TPSA) is 111 Å². The second kappa shape index (κ2) is 18.2. The van der Waals surface area contributed by atoms with E-state index in [0.717, 1.165) is 29.5 Å². The molecule has 0 radical (unpaired) electrons. The Morgan fingerprint density at radius 3 is 2.04 bits per heavy atom. The van der Waals surface area contributed by atoms with Crippen molar-refractivity contribution < 1.29 is 28.7 Å². The van der Waals surface area contributed by atoms with Crippen molar-refractivity contribution in [3.8, 4) is 11.5 Å². The Bertz CT molecular complexity index is 1660. The van der Waals surface area contributed by atoms with Crippen molar-refractivity contribution in [2.75, 3.05) is 11.9 Å². The van der Waals surface area contributed by atoms with Crippen LogP contribution in [0, 0.1) is 6.92 Å². The lowest BCUT2D eigenvalue weighted by Crippen LogP contribution is -2.41. The molecule has 0 saturated carbocycles.